The van der Waals surface area contributed by atoms with E-state index < -0.39 is 19.0 Å². The summed E-state index contributed by atoms with van der Waals surface area (Å²) >= 11 is 1.17. The molecule has 1 aromatic heterocycles. The van der Waals surface area contributed by atoms with Gasteiger partial charge in [0, 0.05) is 10.6 Å². The fraction of sp³-hybridized carbons (Fsp3) is 0.0800. The van der Waals surface area contributed by atoms with Crippen LogP contribution >= 0.6 is 18.6 Å². The molecule has 0 fully saturated rings. The lowest BCUT2D eigenvalue weighted by Gasteiger charge is -2.33. The lowest BCUT2D eigenvalue weighted by Crippen LogP contribution is -2.40. The van der Waals surface area contributed by atoms with Crippen LogP contribution in [0.1, 0.15) is 16.5 Å². The van der Waals surface area contributed by atoms with Gasteiger partial charge in [-0.25, -0.2) is 9.48 Å². The van der Waals surface area contributed by atoms with Crippen LogP contribution in [-0.4, -0.2) is 0 Å². The van der Waals surface area contributed by atoms with Crippen molar-refractivity contribution in [1.82, 2.24) is 5.09 Å². The van der Waals surface area contributed by atoms with E-state index >= 15 is 4.39 Å². The highest BCUT2D eigenvalue weighted by Gasteiger charge is 2.47. The Morgan fingerprint density at radius 3 is 1.81 bits per heavy atom. The first-order chi connectivity index (χ1) is 15.1. The molecule has 3 aromatic carbocycles. The molecule has 0 radical (unpaired) electrons. The van der Waals surface area contributed by atoms with Crippen LogP contribution in [0.25, 0.3) is 0 Å². The number of hydrogen-bond acceptors (Lipinski definition) is 3. The largest absolute Gasteiger partial charge is 0.297 e. The van der Waals surface area contributed by atoms with Crippen LogP contribution in [0.5, 0.6) is 0 Å². The van der Waals surface area contributed by atoms with Gasteiger partial charge < -0.3 is 0 Å². The molecule has 0 aliphatic carbocycles. The summed E-state index contributed by atoms with van der Waals surface area (Å²) in [5, 5.41) is 15.9. The molecule has 0 saturated heterocycles. The van der Waals surface area contributed by atoms with Gasteiger partial charge in [0.25, 0.3) is 0 Å². The Bertz CT molecular complexity index is 1170. The molecule has 0 spiro atoms. The first kappa shape index (κ1) is 21.2. The molecule has 0 amide bonds. The second-order valence-corrected chi connectivity index (χ2v) is 10.5. The molecule has 4 rings (SSSR count). The highest BCUT2D eigenvalue weighted by atomic mass is 32.1. The highest BCUT2D eigenvalue weighted by molar-refractivity contribution is 7.76. The second-order valence-electron chi connectivity index (χ2n) is 7.05. The topological polar surface area (TPSA) is 52.9 Å². The van der Waals surface area contributed by atoms with Gasteiger partial charge in [-0.05, 0) is 41.3 Å². The van der Waals surface area contributed by atoms with Gasteiger partial charge in [-0.2, -0.15) is 5.26 Å². The van der Waals surface area contributed by atoms with E-state index in [0.29, 0.717) is 16.2 Å². The lowest BCUT2D eigenvalue weighted by atomic mass is 9.90. The molecule has 4 aromatic rings. The number of nitriles is 1. The van der Waals surface area contributed by atoms with Crippen molar-refractivity contribution in [2.75, 3.05) is 0 Å². The Morgan fingerprint density at radius 1 is 0.839 bits per heavy atom. The Balaban J connectivity index is 1.91. The summed E-state index contributed by atoms with van der Waals surface area (Å²) in [4.78, 5) is 0.268. The smallest absolute Gasteiger partial charge is 0.249 e. The summed E-state index contributed by atoms with van der Waals surface area (Å²) in [6.45, 7) is 0. The number of halogens is 1. The fourth-order valence-corrected chi connectivity index (χ4v) is 6.81. The van der Waals surface area contributed by atoms with Gasteiger partial charge in [-0.15, -0.1) is 11.3 Å². The molecule has 0 saturated carbocycles. The van der Waals surface area contributed by atoms with Gasteiger partial charge >= 0.3 is 0 Å². The normalized spacial score (nSPS) is 14.3. The third-order valence-electron chi connectivity index (χ3n) is 5.12. The molecule has 0 bridgehead atoms. The minimum Gasteiger partial charge on any atom is -0.297 e. The summed E-state index contributed by atoms with van der Waals surface area (Å²) in [5.41, 5.74) is -1.86. The summed E-state index contributed by atoms with van der Waals surface area (Å²) in [7, 11) is -3.49. The lowest BCUT2D eigenvalue weighted by molar-refractivity contribution is 0.191. The van der Waals surface area contributed by atoms with Crippen LogP contribution in [0.2, 0.25) is 0 Å². The van der Waals surface area contributed by atoms with E-state index in [1.54, 1.807) is 90.3 Å². The van der Waals surface area contributed by atoms with Crippen molar-refractivity contribution in [3.05, 3.63) is 119 Å². The molecule has 2 atom stereocenters. The zero-order valence-electron chi connectivity index (χ0n) is 16.6. The number of hydrogen-bond donors (Lipinski definition) is 1. The van der Waals surface area contributed by atoms with Crippen LogP contribution in [-0.2, 0) is 10.2 Å². The summed E-state index contributed by atoms with van der Waals surface area (Å²) in [5.74, 6) is 0. The first-order valence-corrected chi connectivity index (χ1v) is 12.3. The Morgan fingerprint density at radius 2 is 1.35 bits per heavy atom. The number of rotatable bonds is 7. The number of nitrogens with one attached hydrogen (secondary N) is 1. The first-order valence-electron chi connectivity index (χ1n) is 9.76. The average molecular weight is 446 g/mol. The van der Waals surface area contributed by atoms with E-state index in [0.717, 1.165) is 0 Å². The number of nitrogens with zero attached hydrogens (tertiary/aromatic N) is 1. The summed E-state index contributed by atoms with van der Waals surface area (Å²) in [6, 6.07) is 30.9. The Labute approximate surface area is 185 Å². The number of alkyl halides is 1. The third kappa shape index (κ3) is 4.11. The minimum absolute atomic E-state index is 0.268. The van der Waals surface area contributed by atoms with Crippen LogP contribution in [0.4, 0.5) is 4.39 Å². The van der Waals surface area contributed by atoms with E-state index in [-0.39, 0.29) is 4.88 Å². The van der Waals surface area contributed by atoms with E-state index in [1.807, 2.05) is 24.3 Å². The molecule has 6 heteroatoms. The van der Waals surface area contributed by atoms with Crippen LogP contribution < -0.4 is 15.7 Å². The van der Waals surface area contributed by atoms with Crippen molar-refractivity contribution in [3.8, 4) is 6.07 Å². The summed E-state index contributed by atoms with van der Waals surface area (Å²) < 4.78 is 31.0. The third-order valence-corrected chi connectivity index (χ3v) is 8.78. The van der Waals surface area contributed by atoms with Crippen molar-refractivity contribution in [2.24, 2.45) is 0 Å². The zero-order chi connectivity index (χ0) is 21.7. The molecule has 31 heavy (non-hydrogen) atoms. The maximum Gasteiger partial charge on any atom is 0.249 e. The average Bonchev–Trinajstić information content (AvgIpc) is 3.39. The van der Waals surface area contributed by atoms with Crippen LogP contribution in [0.3, 0.4) is 0 Å². The van der Waals surface area contributed by atoms with Gasteiger partial charge in [0.1, 0.15) is 6.07 Å². The molecule has 1 N–H and O–H groups in total. The molecule has 1 heterocycles. The fourth-order valence-electron chi connectivity index (χ4n) is 3.54. The standard InChI is InChI=1S/C25H20FN2OPS/c26-25(19-27,23-17-10-18-31-23)24(20-11-4-1-5-12-20)28-30(29,21-13-6-2-7-14-21)22-15-8-3-9-16-22/h1-18,24H,(H,28,29)/t24-,25+/m1/s1. The molecule has 0 aliphatic heterocycles. The van der Waals surface area contributed by atoms with Crippen molar-refractivity contribution in [2.45, 2.75) is 11.7 Å². The molecule has 0 aliphatic rings. The van der Waals surface area contributed by atoms with Gasteiger partial charge in [-0.1, -0.05) is 72.8 Å². The highest BCUT2D eigenvalue weighted by Crippen LogP contribution is 2.48. The monoisotopic (exact) mass is 446 g/mol. The number of thiophene rings is 1. The van der Waals surface area contributed by atoms with E-state index in [9.17, 15) is 9.83 Å². The van der Waals surface area contributed by atoms with E-state index in [4.69, 9.17) is 0 Å². The Hall–Kier alpha value is -3.03. The predicted octanol–water partition coefficient (Wildman–Crippen LogP) is 5.70. The van der Waals surface area contributed by atoms with Crippen molar-refractivity contribution >= 4 is 29.2 Å². The van der Waals surface area contributed by atoms with Crippen LogP contribution in [0.15, 0.2) is 109 Å². The molecule has 0 unspecified atom stereocenters. The van der Waals surface area contributed by atoms with Gasteiger partial charge in [-0.3, -0.25) is 4.57 Å². The maximum atomic E-state index is 16.5. The summed E-state index contributed by atoms with van der Waals surface area (Å²) in [6.07, 6.45) is 0. The SMILES string of the molecule is N#C[C@](F)(c1cccs1)[C@H](NP(=O)(c1ccccc1)c1ccccc1)c1ccccc1. The predicted molar refractivity (Wildman–Crippen MR) is 125 cm³/mol. The van der Waals surface area contributed by atoms with Crippen molar-refractivity contribution < 1.29 is 8.96 Å². The quantitative estimate of drug-likeness (QED) is 0.371. The van der Waals surface area contributed by atoms with Gasteiger partial charge in [0.15, 0.2) is 0 Å². The second kappa shape index (κ2) is 8.99. The number of benzene rings is 3. The van der Waals surface area contributed by atoms with Gasteiger partial charge in [0.05, 0.1) is 10.9 Å². The maximum absolute atomic E-state index is 16.5. The van der Waals surface area contributed by atoms with Crippen molar-refractivity contribution in [1.29, 1.82) is 5.26 Å². The zero-order valence-corrected chi connectivity index (χ0v) is 18.3. The molecular weight excluding hydrogens is 426 g/mol. The van der Waals surface area contributed by atoms with E-state index in [2.05, 4.69) is 5.09 Å². The van der Waals surface area contributed by atoms with Crippen molar-refractivity contribution in [3.63, 3.8) is 0 Å². The molecular formula is C25H20FN2OPS. The minimum atomic E-state index is -3.49. The van der Waals surface area contributed by atoms with Crippen LogP contribution in [0, 0.1) is 11.3 Å². The molecule has 3 nitrogen and oxygen atoms in total. The Kier molecular flexibility index (Phi) is 6.15. The van der Waals surface area contributed by atoms with E-state index in [1.165, 1.54) is 11.3 Å². The molecule has 154 valence electrons. The van der Waals surface area contributed by atoms with Gasteiger partial charge in [0.2, 0.25) is 13.0 Å².